The number of carbonyl (C=O) groups is 1. The number of hydrogen-bond donors (Lipinski definition) is 0. The molecule has 0 aromatic heterocycles. The number of benzene rings is 2. The van der Waals surface area contributed by atoms with Gasteiger partial charge in [0.1, 0.15) is 25.9 Å². The van der Waals surface area contributed by atoms with Gasteiger partial charge in [0.2, 0.25) is 6.04 Å². The number of fused-ring (bicyclic) bond motifs is 1. The summed E-state index contributed by atoms with van der Waals surface area (Å²) in [5.41, 5.74) is 2.09. The maximum Gasteiger partial charge on any atom is 0.367 e. The lowest BCUT2D eigenvalue weighted by Crippen LogP contribution is -2.50. The van der Waals surface area contributed by atoms with Gasteiger partial charge < -0.3 is 14.6 Å². The number of ether oxygens (including phenoxy) is 1. The monoisotopic (exact) mass is 324 g/mol. The van der Waals surface area contributed by atoms with Crippen LogP contribution in [0.15, 0.2) is 60.7 Å². The van der Waals surface area contributed by atoms with Crippen molar-refractivity contribution in [2.45, 2.75) is 25.2 Å². The van der Waals surface area contributed by atoms with Gasteiger partial charge in [-0.15, -0.1) is 0 Å². The van der Waals surface area contributed by atoms with Crippen LogP contribution in [0.5, 0.6) is 0 Å². The van der Waals surface area contributed by atoms with Gasteiger partial charge >= 0.3 is 5.97 Å². The number of cyclic esters (lactones) is 1. The minimum Gasteiger partial charge on any atom is -0.631 e. The van der Waals surface area contributed by atoms with E-state index in [0.717, 1.165) is 11.1 Å². The summed E-state index contributed by atoms with van der Waals surface area (Å²) in [4.78, 5) is 14.3. The summed E-state index contributed by atoms with van der Waals surface area (Å²) in [7, 11) is 0. The highest BCUT2D eigenvalue weighted by Crippen LogP contribution is 2.36. The molecule has 4 rings (SSSR count). The number of esters is 1. The van der Waals surface area contributed by atoms with Crippen molar-refractivity contribution in [3.05, 3.63) is 77.0 Å². The normalized spacial score (nSPS) is 29.5. The molecule has 0 radical (unpaired) electrons. The minimum atomic E-state index is -0.645. The van der Waals surface area contributed by atoms with Crippen LogP contribution < -0.4 is 0 Å². The van der Waals surface area contributed by atoms with E-state index in [1.165, 1.54) is 0 Å². The Morgan fingerprint density at radius 2 is 1.67 bits per heavy atom. The van der Waals surface area contributed by atoms with Crippen molar-refractivity contribution in [2.75, 3.05) is 13.3 Å². The van der Waals surface area contributed by atoms with Gasteiger partial charge in [-0.2, -0.15) is 0 Å². The molecule has 5 nitrogen and oxygen atoms in total. The smallest absolute Gasteiger partial charge is 0.367 e. The lowest BCUT2D eigenvalue weighted by molar-refractivity contribution is -0.901. The molecule has 2 heterocycles. The second-order valence-electron chi connectivity index (χ2n) is 6.61. The first-order valence-corrected chi connectivity index (χ1v) is 8.22. The van der Waals surface area contributed by atoms with Crippen molar-refractivity contribution >= 4 is 5.97 Å². The van der Waals surface area contributed by atoms with Crippen LogP contribution in [-0.4, -0.2) is 40.9 Å². The Kier molecular flexibility index (Phi) is 3.84. The van der Waals surface area contributed by atoms with Crippen LogP contribution >= 0.6 is 0 Å². The van der Waals surface area contributed by atoms with Crippen LogP contribution in [0, 0.1) is 5.21 Å². The molecule has 3 atom stereocenters. The van der Waals surface area contributed by atoms with Crippen LogP contribution in [-0.2, 0) is 22.6 Å². The molecule has 0 spiro atoms. The van der Waals surface area contributed by atoms with Crippen molar-refractivity contribution in [1.82, 2.24) is 4.90 Å². The summed E-state index contributed by atoms with van der Waals surface area (Å²) in [5.74, 6) is -0.360. The average Bonchev–Trinajstić information content (AvgIpc) is 3.10. The highest BCUT2D eigenvalue weighted by Gasteiger charge is 2.57. The van der Waals surface area contributed by atoms with E-state index < -0.39 is 10.7 Å². The third-order valence-electron chi connectivity index (χ3n) is 4.92. The summed E-state index contributed by atoms with van der Waals surface area (Å²) in [6.07, 6.45) is 0. The van der Waals surface area contributed by atoms with Crippen molar-refractivity contribution in [3.63, 3.8) is 0 Å². The quantitative estimate of drug-likeness (QED) is 0.492. The third kappa shape index (κ3) is 2.71. The molecule has 0 amide bonds. The second kappa shape index (κ2) is 6.02. The van der Waals surface area contributed by atoms with Gasteiger partial charge in [0.25, 0.3) is 0 Å². The molecule has 2 fully saturated rings. The predicted molar refractivity (Wildman–Crippen MR) is 89.2 cm³/mol. The van der Waals surface area contributed by atoms with Crippen molar-refractivity contribution < 1.29 is 14.2 Å². The molecule has 2 aromatic carbocycles. The predicted octanol–water partition coefficient (Wildman–Crippen LogP) is 2.27. The maximum absolute atomic E-state index is 13.5. The van der Waals surface area contributed by atoms with E-state index in [-0.39, 0.29) is 12.0 Å². The van der Waals surface area contributed by atoms with Gasteiger partial charge in [0.05, 0.1) is 0 Å². The Hall–Kier alpha value is -2.21. The van der Waals surface area contributed by atoms with E-state index >= 15 is 0 Å². The van der Waals surface area contributed by atoms with Gasteiger partial charge in [-0.25, -0.2) is 9.69 Å². The molecule has 0 saturated carbocycles. The van der Waals surface area contributed by atoms with Crippen molar-refractivity contribution in [1.29, 1.82) is 0 Å². The van der Waals surface area contributed by atoms with Gasteiger partial charge in [-0.05, 0) is 5.56 Å². The van der Waals surface area contributed by atoms with Crippen LogP contribution in [0.25, 0.3) is 0 Å². The first kappa shape index (κ1) is 15.3. The highest BCUT2D eigenvalue weighted by atomic mass is 16.6. The van der Waals surface area contributed by atoms with Gasteiger partial charge in [-0.1, -0.05) is 60.7 Å². The lowest BCUT2D eigenvalue weighted by atomic mass is 10.1. The third-order valence-corrected chi connectivity index (χ3v) is 4.92. The summed E-state index contributed by atoms with van der Waals surface area (Å²) in [6, 6.07) is 18.9. The van der Waals surface area contributed by atoms with E-state index in [1.54, 1.807) is 0 Å². The van der Waals surface area contributed by atoms with Crippen LogP contribution in [0.2, 0.25) is 0 Å². The van der Waals surface area contributed by atoms with Crippen molar-refractivity contribution in [3.8, 4) is 0 Å². The van der Waals surface area contributed by atoms with E-state index in [4.69, 9.17) is 4.74 Å². The fourth-order valence-electron chi connectivity index (χ4n) is 3.84. The Morgan fingerprint density at radius 3 is 2.33 bits per heavy atom. The number of nitrogens with zero attached hydrogens (tertiary/aromatic N) is 2. The van der Waals surface area contributed by atoms with Crippen LogP contribution in [0.3, 0.4) is 0 Å². The zero-order valence-corrected chi connectivity index (χ0v) is 13.4. The zero-order chi connectivity index (χ0) is 16.6. The number of rotatable bonds is 4. The number of quaternary nitrogens is 1. The fraction of sp³-hybridized carbons (Fsp3) is 0.316. The molecule has 2 aliphatic rings. The summed E-state index contributed by atoms with van der Waals surface area (Å²) < 4.78 is 4.67. The molecule has 24 heavy (non-hydrogen) atoms. The number of carbonyl (C=O) groups excluding carboxylic acids is 1. The summed E-state index contributed by atoms with van der Waals surface area (Å²) in [5, 5.41) is 13.5. The SMILES string of the molecule is O=C1OC[C@H]2[C@@H]1[N+]([O-])(Cc1ccccc1)CN2Cc1ccccc1. The molecule has 124 valence electrons. The maximum atomic E-state index is 13.5. The summed E-state index contributed by atoms with van der Waals surface area (Å²) >= 11 is 0. The molecule has 0 N–H and O–H groups in total. The highest BCUT2D eigenvalue weighted by molar-refractivity contribution is 5.78. The lowest BCUT2D eigenvalue weighted by Gasteiger charge is -2.41. The van der Waals surface area contributed by atoms with E-state index in [0.29, 0.717) is 26.4 Å². The molecular formula is C19H20N2O3. The van der Waals surface area contributed by atoms with Crippen LogP contribution in [0.1, 0.15) is 11.1 Å². The molecular weight excluding hydrogens is 304 g/mol. The first-order chi connectivity index (χ1) is 11.7. The minimum absolute atomic E-state index is 0.140. The largest absolute Gasteiger partial charge is 0.631 e. The van der Waals surface area contributed by atoms with Gasteiger partial charge in [-0.3, -0.25) is 0 Å². The Bertz CT molecular complexity index is 722. The van der Waals surface area contributed by atoms with Crippen LogP contribution in [0.4, 0.5) is 0 Å². The van der Waals surface area contributed by atoms with Crippen molar-refractivity contribution in [2.24, 2.45) is 0 Å². The summed E-state index contributed by atoms with van der Waals surface area (Å²) in [6.45, 7) is 1.58. The Balaban J connectivity index is 1.59. The Morgan fingerprint density at radius 1 is 1.04 bits per heavy atom. The van der Waals surface area contributed by atoms with Gasteiger partial charge in [0, 0.05) is 12.1 Å². The van der Waals surface area contributed by atoms with E-state index in [1.807, 2.05) is 60.7 Å². The molecule has 1 unspecified atom stereocenters. The fourth-order valence-corrected chi connectivity index (χ4v) is 3.84. The molecule has 5 heteroatoms. The first-order valence-electron chi connectivity index (χ1n) is 8.22. The molecule has 2 saturated heterocycles. The topological polar surface area (TPSA) is 52.6 Å². The average molecular weight is 324 g/mol. The molecule has 2 aliphatic heterocycles. The Labute approximate surface area is 141 Å². The van der Waals surface area contributed by atoms with E-state index in [9.17, 15) is 10.0 Å². The van der Waals surface area contributed by atoms with Gasteiger partial charge in [0.15, 0.2) is 0 Å². The molecule has 2 aromatic rings. The standard InChI is InChI=1S/C19H20N2O3/c22-19-18-17(13-24-19)20(11-15-7-3-1-4-8-15)14-21(18,23)12-16-9-5-2-6-10-16/h1-10,17-18H,11-14H2/t17-,18-,21?/m0/s1. The zero-order valence-electron chi connectivity index (χ0n) is 13.4. The molecule has 0 bridgehead atoms. The number of hydroxylamine groups is 3. The van der Waals surface area contributed by atoms with E-state index in [2.05, 4.69) is 4.90 Å². The second-order valence-corrected chi connectivity index (χ2v) is 6.61. The molecule has 0 aliphatic carbocycles. The number of hydrogen-bond acceptors (Lipinski definition) is 4.